The van der Waals surface area contributed by atoms with E-state index in [2.05, 4.69) is 31.0 Å². The first kappa shape index (κ1) is 20.0. The number of H-pyrrole nitrogens is 1. The highest BCUT2D eigenvalue weighted by molar-refractivity contribution is 5.89. The van der Waals surface area contributed by atoms with Crippen molar-refractivity contribution < 1.29 is 14.5 Å². The van der Waals surface area contributed by atoms with Gasteiger partial charge in [-0.3, -0.25) is 14.9 Å². The van der Waals surface area contributed by atoms with E-state index in [1.807, 2.05) is 0 Å². The van der Waals surface area contributed by atoms with Crippen molar-refractivity contribution in [3.8, 4) is 11.3 Å². The first-order valence-corrected chi connectivity index (χ1v) is 9.58. The minimum atomic E-state index is -0.706. The third kappa shape index (κ3) is 3.27. The molecule has 0 radical (unpaired) electrons. The zero-order valence-electron chi connectivity index (χ0n) is 16.9. The second kappa shape index (κ2) is 7.64. The molecule has 2 aromatic heterocycles. The molecule has 33 heavy (non-hydrogen) atoms. The molecular weight excluding hydrogens is 432 g/mol. The van der Waals surface area contributed by atoms with E-state index in [-0.39, 0.29) is 17.3 Å². The van der Waals surface area contributed by atoms with Crippen LogP contribution in [0.2, 0.25) is 0 Å². The van der Waals surface area contributed by atoms with Crippen LogP contribution in [0.15, 0.2) is 53.3 Å². The number of nitro benzene ring substituents is 1. The molecule has 2 N–H and O–H groups in total. The summed E-state index contributed by atoms with van der Waals surface area (Å²) in [5.41, 5.74) is 1.67. The molecule has 4 aromatic rings. The van der Waals surface area contributed by atoms with Gasteiger partial charge in [0.1, 0.15) is 11.7 Å². The van der Waals surface area contributed by atoms with E-state index in [0.29, 0.717) is 27.9 Å². The number of nitro groups is 1. The largest absolute Gasteiger partial charge is 0.465 e. The zero-order valence-corrected chi connectivity index (χ0v) is 16.9. The number of nitrogens with zero attached hydrogens (tertiary/aromatic N) is 6. The first-order valence-electron chi connectivity index (χ1n) is 9.58. The summed E-state index contributed by atoms with van der Waals surface area (Å²) in [6.45, 7) is 0. The Kier molecular flexibility index (Phi) is 4.63. The van der Waals surface area contributed by atoms with Gasteiger partial charge in [0.05, 0.1) is 23.3 Å². The van der Waals surface area contributed by atoms with Crippen LogP contribution in [0.25, 0.3) is 11.3 Å². The molecule has 1 atom stereocenters. The van der Waals surface area contributed by atoms with Gasteiger partial charge in [-0.1, -0.05) is 29.4 Å². The molecule has 164 valence electrons. The maximum Gasteiger partial charge on any atom is 0.337 e. The van der Waals surface area contributed by atoms with Crippen LogP contribution in [-0.4, -0.2) is 48.4 Å². The predicted octanol–water partition coefficient (Wildman–Crippen LogP) is 1.81. The monoisotopic (exact) mass is 446 g/mol. The minimum Gasteiger partial charge on any atom is -0.465 e. The Morgan fingerprint density at radius 1 is 1.21 bits per heavy atom. The number of aromatic nitrogens is 6. The van der Waals surface area contributed by atoms with Crippen molar-refractivity contribution in [1.82, 2.24) is 30.4 Å². The van der Waals surface area contributed by atoms with Crippen molar-refractivity contribution >= 4 is 23.3 Å². The van der Waals surface area contributed by atoms with E-state index in [9.17, 15) is 19.7 Å². The van der Waals surface area contributed by atoms with Gasteiger partial charge in [-0.25, -0.2) is 9.89 Å². The SMILES string of the molecule is COC(=O)c1ccc([C@H]2c3c(-c4cccc([N+](=O)[O-])c4)n[nH]c(=O)c3Nc3nnnn32)cc1. The van der Waals surface area contributed by atoms with E-state index in [1.54, 1.807) is 30.3 Å². The molecule has 0 aliphatic carbocycles. The summed E-state index contributed by atoms with van der Waals surface area (Å²) in [5.74, 6) is -0.267. The smallest absolute Gasteiger partial charge is 0.337 e. The summed E-state index contributed by atoms with van der Waals surface area (Å²) in [5, 5.41) is 32.5. The summed E-state index contributed by atoms with van der Waals surface area (Å²) < 4.78 is 6.22. The predicted molar refractivity (Wildman–Crippen MR) is 113 cm³/mol. The molecular formula is C20H14N8O5. The molecule has 13 heteroatoms. The van der Waals surface area contributed by atoms with Gasteiger partial charge in [-0.15, -0.1) is 0 Å². The fourth-order valence-electron chi connectivity index (χ4n) is 3.75. The Morgan fingerprint density at radius 2 is 2.00 bits per heavy atom. The topological polar surface area (TPSA) is 171 Å². The second-order valence-electron chi connectivity index (χ2n) is 7.09. The van der Waals surface area contributed by atoms with Crippen LogP contribution in [-0.2, 0) is 4.74 Å². The Bertz CT molecular complexity index is 1460. The van der Waals surface area contributed by atoms with Crippen LogP contribution in [0.3, 0.4) is 0 Å². The number of carbonyl (C=O) groups excluding carboxylic acids is 1. The molecule has 0 fully saturated rings. The van der Waals surface area contributed by atoms with Crippen LogP contribution in [0, 0.1) is 10.1 Å². The summed E-state index contributed by atoms with van der Waals surface area (Å²) in [6, 6.07) is 11.8. The number of hydrogen-bond donors (Lipinski definition) is 2. The lowest BCUT2D eigenvalue weighted by atomic mass is 9.92. The summed E-state index contributed by atoms with van der Waals surface area (Å²) in [4.78, 5) is 35.3. The number of ether oxygens (including phenoxy) is 1. The van der Waals surface area contributed by atoms with Gasteiger partial charge >= 0.3 is 5.97 Å². The Morgan fingerprint density at radius 3 is 2.73 bits per heavy atom. The highest BCUT2D eigenvalue weighted by Crippen LogP contribution is 2.41. The number of carbonyl (C=O) groups is 1. The number of esters is 1. The molecule has 0 unspecified atom stereocenters. The Hall–Kier alpha value is -4.94. The van der Waals surface area contributed by atoms with Crippen molar-refractivity contribution in [2.75, 3.05) is 12.4 Å². The number of nitrogens with one attached hydrogen (secondary N) is 2. The maximum absolute atomic E-state index is 12.7. The average molecular weight is 446 g/mol. The van der Waals surface area contributed by atoms with Crippen LogP contribution in [0.1, 0.15) is 27.5 Å². The molecule has 0 spiro atoms. The second-order valence-corrected chi connectivity index (χ2v) is 7.09. The van der Waals surface area contributed by atoms with Crippen molar-refractivity contribution in [2.45, 2.75) is 6.04 Å². The lowest BCUT2D eigenvalue weighted by Crippen LogP contribution is -2.29. The maximum atomic E-state index is 12.7. The Balaban J connectivity index is 1.74. The van der Waals surface area contributed by atoms with Gasteiger partial charge in [-0.05, 0) is 28.1 Å². The van der Waals surface area contributed by atoms with Crippen molar-refractivity contribution in [2.24, 2.45) is 0 Å². The number of hydrogen-bond acceptors (Lipinski definition) is 10. The molecule has 5 rings (SSSR count). The van der Waals surface area contributed by atoms with E-state index in [0.717, 1.165) is 0 Å². The number of benzene rings is 2. The van der Waals surface area contributed by atoms with Gasteiger partial charge in [-0.2, -0.15) is 9.78 Å². The number of aromatic amines is 1. The van der Waals surface area contributed by atoms with Crippen molar-refractivity contribution in [1.29, 1.82) is 0 Å². The molecule has 0 amide bonds. The number of fused-ring (bicyclic) bond motifs is 2. The van der Waals surface area contributed by atoms with E-state index >= 15 is 0 Å². The zero-order chi connectivity index (χ0) is 23.1. The summed E-state index contributed by atoms with van der Waals surface area (Å²) >= 11 is 0. The number of non-ortho nitro benzene ring substituents is 1. The lowest BCUT2D eigenvalue weighted by Gasteiger charge is -2.27. The van der Waals surface area contributed by atoms with Gasteiger partial charge in [0.2, 0.25) is 5.95 Å². The summed E-state index contributed by atoms with van der Waals surface area (Å²) in [6.07, 6.45) is 0. The van der Waals surface area contributed by atoms with Crippen LogP contribution in [0.5, 0.6) is 0 Å². The van der Waals surface area contributed by atoms with E-state index in [1.165, 1.54) is 30.0 Å². The normalized spacial score (nSPS) is 14.0. The van der Waals surface area contributed by atoms with Gasteiger partial charge in [0.15, 0.2) is 0 Å². The lowest BCUT2D eigenvalue weighted by molar-refractivity contribution is -0.384. The summed E-state index contributed by atoms with van der Waals surface area (Å²) in [7, 11) is 1.29. The highest BCUT2D eigenvalue weighted by atomic mass is 16.6. The molecule has 3 heterocycles. The third-order valence-electron chi connectivity index (χ3n) is 5.25. The fourth-order valence-corrected chi connectivity index (χ4v) is 3.75. The molecule has 13 nitrogen and oxygen atoms in total. The van der Waals surface area contributed by atoms with Crippen LogP contribution < -0.4 is 10.9 Å². The number of tetrazole rings is 1. The van der Waals surface area contributed by atoms with Crippen LogP contribution in [0.4, 0.5) is 17.3 Å². The molecule has 0 bridgehead atoms. The number of rotatable bonds is 4. The highest BCUT2D eigenvalue weighted by Gasteiger charge is 2.34. The minimum absolute atomic E-state index is 0.125. The van der Waals surface area contributed by atoms with Gasteiger partial charge in [0.25, 0.3) is 11.2 Å². The van der Waals surface area contributed by atoms with Gasteiger partial charge in [0, 0.05) is 23.3 Å². The average Bonchev–Trinajstić information content (AvgIpc) is 3.31. The van der Waals surface area contributed by atoms with Crippen LogP contribution >= 0.6 is 0 Å². The fraction of sp³-hybridized carbons (Fsp3) is 0.100. The van der Waals surface area contributed by atoms with E-state index < -0.39 is 22.5 Å². The molecule has 0 saturated heterocycles. The number of methoxy groups -OCH3 is 1. The molecule has 1 aliphatic rings. The Labute approximate surface area is 184 Å². The standard InChI is InChI=1S/C20H14N8O5/c1-33-19(30)11-7-5-10(6-8-11)17-14-15(12-3-2-4-13(9-12)28(31)32)22-23-18(29)16(14)21-20-24-25-26-27(17)20/h2-9,17H,1H3,(H,23,29)(H,21,24,26)/t17-/m0/s1. The van der Waals surface area contributed by atoms with Crippen molar-refractivity contribution in [3.05, 3.63) is 85.7 Å². The molecule has 1 aliphatic heterocycles. The van der Waals surface area contributed by atoms with Gasteiger partial charge < -0.3 is 10.1 Å². The van der Waals surface area contributed by atoms with Crippen molar-refractivity contribution in [3.63, 3.8) is 0 Å². The quantitative estimate of drug-likeness (QED) is 0.236. The third-order valence-corrected chi connectivity index (χ3v) is 5.25. The number of anilines is 2. The molecule has 0 saturated carbocycles. The van der Waals surface area contributed by atoms with E-state index in [4.69, 9.17) is 4.74 Å². The molecule has 2 aromatic carbocycles. The first-order chi connectivity index (χ1) is 16.0.